The molecule has 2 saturated carbocycles. The van der Waals surface area contributed by atoms with Gasteiger partial charge in [0.25, 0.3) is 0 Å². The second-order valence-corrected chi connectivity index (χ2v) is 12.2. The zero-order chi connectivity index (χ0) is 20.1. The van der Waals surface area contributed by atoms with Gasteiger partial charge in [0, 0.05) is 6.84 Å². The largest absolute Gasteiger partial charge is 0.0838 e. The van der Waals surface area contributed by atoms with Gasteiger partial charge < -0.3 is 0 Å². The molecule has 0 aromatic carbocycles. The molecule has 4 aliphatic rings. The molecule has 0 aliphatic heterocycles. The second-order valence-electron chi connectivity index (χ2n) is 12.2. The van der Waals surface area contributed by atoms with E-state index in [1.165, 1.54) is 64.2 Å². The Morgan fingerprint density at radius 3 is 2.61 bits per heavy atom. The lowest BCUT2D eigenvalue weighted by molar-refractivity contribution is 0.0638. The minimum atomic E-state index is 0. The summed E-state index contributed by atoms with van der Waals surface area (Å²) in [4.78, 5) is 0. The van der Waals surface area contributed by atoms with E-state index in [-0.39, 0.29) is 1.43 Å². The molecule has 1 unspecified atom stereocenters. The molecular weight excluding hydrogens is 336 g/mol. The standard InChI is InChI=1S/C28H46.H2/c1-19(2)8-7-9-21(4)24-12-13-25-23-11-10-22-18-20(3)14-16-27(22,5)26(23)15-17-28(24,25)6;/h10,15,19-21,23-25H,7-9,11-14,16-18H2,1-6H3;1H/t20?,21-,23+,24-,25+,27+,28-;/m1./s1. The highest BCUT2D eigenvalue weighted by Gasteiger charge is 2.56. The van der Waals surface area contributed by atoms with Gasteiger partial charge in [-0.3, -0.25) is 0 Å². The third-order valence-electron chi connectivity index (χ3n) is 9.93. The van der Waals surface area contributed by atoms with E-state index < -0.39 is 0 Å². The van der Waals surface area contributed by atoms with Crippen LogP contribution in [0.4, 0.5) is 0 Å². The molecule has 0 spiro atoms. The summed E-state index contributed by atoms with van der Waals surface area (Å²) in [5, 5.41) is 0. The SMILES string of the molecule is CC(C)CCC[C@@H](C)[C@H]1CC[C@H]2[C@@H]3CC=C4CC(C)CC[C@]4(C)C3=CC[C@]12C.[HH]. The number of allylic oxidation sites excluding steroid dienone is 4. The molecule has 0 bridgehead atoms. The fourth-order valence-electron chi connectivity index (χ4n) is 8.17. The summed E-state index contributed by atoms with van der Waals surface area (Å²) in [5.74, 6) is 5.42. The molecule has 4 rings (SSSR count). The van der Waals surface area contributed by atoms with Crippen LogP contribution in [-0.4, -0.2) is 0 Å². The van der Waals surface area contributed by atoms with E-state index in [0.717, 1.165) is 35.5 Å². The van der Waals surface area contributed by atoms with Gasteiger partial charge in [-0.15, -0.1) is 0 Å². The van der Waals surface area contributed by atoms with Crippen LogP contribution >= 0.6 is 0 Å². The monoisotopic (exact) mass is 384 g/mol. The first-order chi connectivity index (χ1) is 13.3. The highest BCUT2D eigenvalue weighted by Crippen LogP contribution is 2.65. The molecule has 7 atom stereocenters. The van der Waals surface area contributed by atoms with Crippen LogP contribution in [0.3, 0.4) is 0 Å². The molecule has 28 heavy (non-hydrogen) atoms. The van der Waals surface area contributed by atoms with Gasteiger partial charge in [-0.25, -0.2) is 0 Å². The molecule has 2 fully saturated rings. The molecule has 0 amide bonds. The highest BCUT2D eigenvalue weighted by atomic mass is 14.6. The van der Waals surface area contributed by atoms with Crippen molar-refractivity contribution < 1.29 is 1.43 Å². The van der Waals surface area contributed by atoms with Gasteiger partial charge in [0.05, 0.1) is 0 Å². The van der Waals surface area contributed by atoms with E-state index in [1.807, 2.05) is 5.57 Å². The van der Waals surface area contributed by atoms with Gasteiger partial charge in [-0.05, 0) is 85.9 Å². The number of fused-ring (bicyclic) bond motifs is 5. The summed E-state index contributed by atoms with van der Waals surface area (Å²) in [6.45, 7) is 15.1. The third kappa shape index (κ3) is 3.35. The van der Waals surface area contributed by atoms with Crippen molar-refractivity contribution in [2.45, 2.75) is 106 Å². The fraction of sp³-hybridized carbons (Fsp3) is 0.857. The average molecular weight is 385 g/mol. The third-order valence-corrected chi connectivity index (χ3v) is 9.93. The topological polar surface area (TPSA) is 0 Å². The first-order valence-corrected chi connectivity index (χ1v) is 12.7. The van der Waals surface area contributed by atoms with Crippen molar-refractivity contribution in [1.82, 2.24) is 0 Å². The summed E-state index contributed by atoms with van der Waals surface area (Å²) in [5.41, 5.74) is 4.66. The van der Waals surface area contributed by atoms with E-state index in [4.69, 9.17) is 0 Å². The van der Waals surface area contributed by atoms with Crippen LogP contribution < -0.4 is 0 Å². The Morgan fingerprint density at radius 2 is 1.86 bits per heavy atom. The van der Waals surface area contributed by atoms with Crippen molar-refractivity contribution >= 4 is 0 Å². The minimum absolute atomic E-state index is 0. The van der Waals surface area contributed by atoms with Gasteiger partial charge in [0.2, 0.25) is 0 Å². The van der Waals surface area contributed by atoms with Gasteiger partial charge in [0.1, 0.15) is 0 Å². The Kier molecular flexibility index (Phi) is 5.65. The molecule has 0 nitrogen and oxygen atoms in total. The summed E-state index contributed by atoms with van der Waals surface area (Å²) in [7, 11) is 0. The normalized spacial score (nSPS) is 43.7. The van der Waals surface area contributed by atoms with Crippen molar-refractivity contribution in [2.24, 2.45) is 46.3 Å². The van der Waals surface area contributed by atoms with Crippen molar-refractivity contribution in [3.05, 3.63) is 23.3 Å². The quantitative estimate of drug-likeness (QED) is 0.415. The molecule has 0 heteroatoms. The molecular formula is C28H48. The first kappa shape index (κ1) is 20.7. The van der Waals surface area contributed by atoms with Crippen LogP contribution in [0, 0.1) is 46.3 Å². The van der Waals surface area contributed by atoms with Gasteiger partial charge >= 0.3 is 0 Å². The summed E-state index contributed by atoms with van der Waals surface area (Å²) in [6.07, 6.45) is 19.7. The summed E-state index contributed by atoms with van der Waals surface area (Å²) in [6, 6.07) is 0. The lowest BCUT2D eigenvalue weighted by atomic mass is 9.51. The Balaban J connectivity index is 0.00000240. The van der Waals surface area contributed by atoms with Crippen molar-refractivity contribution in [3.8, 4) is 0 Å². The number of rotatable bonds is 5. The smallest absolute Gasteiger partial charge is 0.00954 e. The maximum absolute atomic E-state index is 2.78. The fourth-order valence-corrected chi connectivity index (χ4v) is 8.17. The lowest BCUT2D eigenvalue weighted by Crippen LogP contribution is -2.44. The molecule has 0 saturated heterocycles. The molecule has 160 valence electrons. The van der Waals surface area contributed by atoms with Crippen molar-refractivity contribution in [3.63, 3.8) is 0 Å². The van der Waals surface area contributed by atoms with Crippen LogP contribution in [0.25, 0.3) is 0 Å². The minimum Gasteiger partial charge on any atom is -0.0838 e. The van der Waals surface area contributed by atoms with E-state index in [1.54, 1.807) is 5.57 Å². The Bertz CT molecular complexity index is 643. The average Bonchev–Trinajstić information content (AvgIpc) is 2.99. The van der Waals surface area contributed by atoms with Crippen LogP contribution in [0.15, 0.2) is 23.3 Å². The van der Waals surface area contributed by atoms with E-state index in [2.05, 4.69) is 53.7 Å². The lowest BCUT2D eigenvalue weighted by Gasteiger charge is -2.54. The Labute approximate surface area is 177 Å². The second kappa shape index (κ2) is 7.63. The van der Waals surface area contributed by atoms with E-state index >= 15 is 0 Å². The van der Waals surface area contributed by atoms with E-state index in [0.29, 0.717) is 10.8 Å². The predicted octanol–water partition coefficient (Wildman–Crippen LogP) is 8.83. The molecule has 0 aromatic heterocycles. The molecule has 4 aliphatic carbocycles. The maximum atomic E-state index is 2.78. The molecule has 0 radical (unpaired) electrons. The van der Waals surface area contributed by atoms with Gasteiger partial charge in [0.15, 0.2) is 0 Å². The maximum Gasteiger partial charge on any atom is 0.00954 e. The van der Waals surface area contributed by atoms with Gasteiger partial charge in [-0.2, -0.15) is 0 Å². The van der Waals surface area contributed by atoms with E-state index in [9.17, 15) is 0 Å². The summed E-state index contributed by atoms with van der Waals surface area (Å²) >= 11 is 0. The zero-order valence-electron chi connectivity index (χ0n) is 19.7. The van der Waals surface area contributed by atoms with Crippen molar-refractivity contribution in [2.75, 3.05) is 0 Å². The predicted molar refractivity (Wildman–Crippen MR) is 124 cm³/mol. The van der Waals surface area contributed by atoms with Gasteiger partial charge in [-0.1, -0.05) is 84.1 Å². The van der Waals surface area contributed by atoms with Crippen LogP contribution in [0.5, 0.6) is 0 Å². The molecule has 0 aromatic rings. The first-order valence-electron chi connectivity index (χ1n) is 12.7. The zero-order valence-corrected chi connectivity index (χ0v) is 19.7. The Hall–Kier alpha value is -0.520. The van der Waals surface area contributed by atoms with Crippen LogP contribution in [0.1, 0.15) is 107 Å². The molecule has 0 N–H and O–H groups in total. The number of hydrogen-bond acceptors (Lipinski definition) is 0. The highest BCUT2D eigenvalue weighted by molar-refractivity contribution is 5.39. The van der Waals surface area contributed by atoms with Crippen LogP contribution in [0.2, 0.25) is 0 Å². The summed E-state index contributed by atoms with van der Waals surface area (Å²) < 4.78 is 0. The number of hydrogen-bond donors (Lipinski definition) is 0. The van der Waals surface area contributed by atoms with Crippen molar-refractivity contribution in [1.29, 1.82) is 0 Å². The molecule has 0 heterocycles. The van der Waals surface area contributed by atoms with Crippen LogP contribution in [-0.2, 0) is 0 Å². The Morgan fingerprint density at radius 1 is 1.07 bits per heavy atom.